The summed E-state index contributed by atoms with van der Waals surface area (Å²) < 4.78 is 3.06. The van der Waals surface area contributed by atoms with E-state index < -0.39 is 0 Å². The van der Waals surface area contributed by atoms with Crippen LogP contribution in [0.1, 0.15) is 15.5 Å². The van der Waals surface area contributed by atoms with Crippen LogP contribution in [0.25, 0.3) is 15.7 Å². The number of thiophene rings is 1. The number of hydrogen-bond acceptors (Lipinski definition) is 4. The molecule has 0 saturated carbocycles. The number of fused-ring (bicyclic) bond motifs is 2. The van der Waals surface area contributed by atoms with Crippen molar-refractivity contribution in [3.05, 3.63) is 65.4 Å². The van der Waals surface area contributed by atoms with Crippen LogP contribution in [-0.4, -0.2) is 27.0 Å². The summed E-state index contributed by atoms with van der Waals surface area (Å²) in [6.07, 6.45) is 2.57. The van der Waals surface area contributed by atoms with E-state index >= 15 is 0 Å². The van der Waals surface area contributed by atoms with Crippen LogP contribution in [0.15, 0.2) is 54.7 Å². The first-order valence-electron chi connectivity index (χ1n) is 7.37. The van der Waals surface area contributed by atoms with E-state index in [2.05, 4.69) is 15.5 Å². The van der Waals surface area contributed by atoms with Gasteiger partial charge < -0.3 is 5.32 Å². The van der Waals surface area contributed by atoms with Gasteiger partial charge in [0.2, 0.25) is 0 Å². The maximum Gasteiger partial charge on any atom is 0.261 e. The highest BCUT2D eigenvalue weighted by molar-refractivity contribution is 7.20. The van der Waals surface area contributed by atoms with E-state index in [1.165, 1.54) is 11.3 Å². The highest BCUT2D eigenvalue weighted by atomic mass is 32.1. The maximum atomic E-state index is 12.3. The van der Waals surface area contributed by atoms with Gasteiger partial charge in [0.15, 0.2) is 5.65 Å². The van der Waals surface area contributed by atoms with Gasteiger partial charge in [-0.1, -0.05) is 24.3 Å². The zero-order valence-corrected chi connectivity index (χ0v) is 13.1. The summed E-state index contributed by atoms with van der Waals surface area (Å²) in [5, 5.41) is 12.3. The molecule has 3 aromatic heterocycles. The molecular formula is C17H14N4OS. The molecule has 0 spiro atoms. The molecule has 0 saturated heterocycles. The van der Waals surface area contributed by atoms with Gasteiger partial charge in [0, 0.05) is 23.9 Å². The molecule has 3 heterocycles. The van der Waals surface area contributed by atoms with Crippen molar-refractivity contribution in [2.24, 2.45) is 0 Å². The van der Waals surface area contributed by atoms with E-state index in [1.54, 1.807) is 0 Å². The van der Waals surface area contributed by atoms with Crippen molar-refractivity contribution in [1.82, 2.24) is 19.9 Å². The summed E-state index contributed by atoms with van der Waals surface area (Å²) in [6, 6.07) is 15.7. The Morgan fingerprint density at radius 2 is 2.00 bits per heavy atom. The maximum absolute atomic E-state index is 12.3. The number of nitrogens with one attached hydrogen (secondary N) is 1. The Bertz CT molecular complexity index is 955. The van der Waals surface area contributed by atoms with Crippen molar-refractivity contribution in [1.29, 1.82) is 0 Å². The molecule has 6 heteroatoms. The fourth-order valence-corrected chi connectivity index (χ4v) is 3.51. The molecule has 0 bridgehead atoms. The highest BCUT2D eigenvalue weighted by Gasteiger charge is 2.10. The van der Waals surface area contributed by atoms with Gasteiger partial charge in [-0.25, -0.2) is 0 Å². The van der Waals surface area contributed by atoms with Crippen LogP contribution in [0, 0.1) is 0 Å². The average Bonchev–Trinajstić information content (AvgIpc) is 3.19. The molecule has 4 aromatic rings. The Kier molecular flexibility index (Phi) is 3.51. The van der Waals surface area contributed by atoms with Crippen molar-refractivity contribution in [2.45, 2.75) is 6.42 Å². The van der Waals surface area contributed by atoms with E-state index in [0.717, 1.165) is 26.4 Å². The van der Waals surface area contributed by atoms with Gasteiger partial charge >= 0.3 is 0 Å². The molecule has 0 fully saturated rings. The molecular weight excluding hydrogens is 308 g/mol. The Morgan fingerprint density at radius 3 is 2.91 bits per heavy atom. The van der Waals surface area contributed by atoms with Crippen LogP contribution in [-0.2, 0) is 6.42 Å². The number of amides is 1. The SMILES string of the molecule is O=C(NCCc1nnc2ccccn12)c1cc2ccccc2s1. The molecule has 1 amide bonds. The number of benzene rings is 1. The minimum absolute atomic E-state index is 0.0416. The Labute approximate surface area is 136 Å². The van der Waals surface area contributed by atoms with E-state index in [1.807, 2.05) is 59.1 Å². The number of pyridine rings is 1. The average molecular weight is 322 g/mol. The number of carbonyl (C=O) groups is 1. The quantitative estimate of drug-likeness (QED) is 0.628. The molecule has 4 rings (SSSR count). The van der Waals surface area contributed by atoms with E-state index in [9.17, 15) is 4.79 Å². The van der Waals surface area contributed by atoms with Crippen LogP contribution in [0.2, 0.25) is 0 Å². The predicted octanol–water partition coefficient (Wildman–Crippen LogP) is 2.92. The van der Waals surface area contributed by atoms with E-state index in [0.29, 0.717) is 13.0 Å². The molecule has 5 nitrogen and oxygen atoms in total. The lowest BCUT2D eigenvalue weighted by Gasteiger charge is -2.02. The monoisotopic (exact) mass is 322 g/mol. The largest absolute Gasteiger partial charge is 0.351 e. The van der Waals surface area contributed by atoms with Crippen molar-refractivity contribution < 1.29 is 4.79 Å². The Balaban J connectivity index is 1.43. The Morgan fingerprint density at radius 1 is 1.13 bits per heavy atom. The molecule has 114 valence electrons. The lowest BCUT2D eigenvalue weighted by molar-refractivity contribution is 0.0958. The van der Waals surface area contributed by atoms with E-state index in [4.69, 9.17) is 0 Å². The first kappa shape index (κ1) is 13.9. The van der Waals surface area contributed by atoms with E-state index in [-0.39, 0.29) is 5.91 Å². The van der Waals surface area contributed by atoms with Crippen LogP contribution in [0.3, 0.4) is 0 Å². The van der Waals surface area contributed by atoms with Crippen molar-refractivity contribution in [3.8, 4) is 0 Å². The summed E-state index contributed by atoms with van der Waals surface area (Å²) in [6.45, 7) is 0.531. The third-order valence-electron chi connectivity index (χ3n) is 3.67. The number of hydrogen-bond donors (Lipinski definition) is 1. The molecule has 1 N–H and O–H groups in total. The van der Waals surface area contributed by atoms with Gasteiger partial charge in [0.05, 0.1) is 4.88 Å². The fourth-order valence-electron chi connectivity index (χ4n) is 2.53. The summed E-state index contributed by atoms with van der Waals surface area (Å²) in [4.78, 5) is 13.0. The topological polar surface area (TPSA) is 59.3 Å². The lowest BCUT2D eigenvalue weighted by atomic mass is 10.2. The van der Waals surface area contributed by atoms with Gasteiger partial charge in [0.1, 0.15) is 5.82 Å². The van der Waals surface area contributed by atoms with Crippen molar-refractivity contribution >= 4 is 33.0 Å². The van der Waals surface area contributed by atoms with Gasteiger partial charge in [0.25, 0.3) is 5.91 Å². The van der Waals surface area contributed by atoms with Crippen LogP contribution in [0.4, 0.5) is 0 Å². The van der Waals surface area contributed by atoms with Crippen LogP contribution in [0.5, 0.6) is 0 Å². The standard InChI is InChI=1S/C17H14N4OS/c22-17(14-11-12-5-1-2-6-13(12)23-14)18-9-8-16-20-19-15-7-3-4-10-21(15)16/h1-7,10-11H,8-9H2,(H,18,22). The molecule has 0 radical (unpaired) electrons. The minimum atomic E-state index is -0.0416. The Hall–Kier alpha value is -2.73. The van der Waals surface area contributed by atoms with Crippen molar-refractivity contribution in [2.75, 3.05) is 6.54 Å². The number of carbonyl (C=O) groups excluding carboxylic acids is 1. The molecule has 0 aliphatic rings. The van der Waals surface area contributed by atoms with Gasteiger partial charge in [-0.3, -0.25) is 9.20 Å². The van der Waals surface area contributed by atoms with Gasteiger partial charge in [-0.15, -0.1) is 21.5 Å². The second-order valence-corrected chi connectivity index (χ2v) is 6.28. The van der Waals surface area contributed by atoms with Crippen LogP contribution < -0.4 is 5.32 Å². The fraction of sp³-hybridized carbons (Fsp3) is 0.118. The highest BCUT2D eigenvalue weighted by Crippen LogP contribution is 2.24. The normalized spacial score (nSPS) is 11.1. The zero-order valence-electron chi connectivity index (χ0n) is 12.3. The molecule has 0 unspecified atom stereocenters. The lowest BCUT2D eigenvalue weighted by Crippen LogP contribution is -2.25. The number of nitrogens with zero attached hydrogens (tertiary/aromatic N) is 3. The zero-order chi connectivity index (χ0) is 15.6. The smallest absolute Gasteiger partial charge is 0.261 e. The van der Waals surface area contributed by atoms with Crippen molar-refractivity contribution in [3.63, 3.8) is 0 Å². The van der Waals surface area contributed by atoms with Gasteiger partial charge in [-0.2, -0.15) is 0 Å². The molecule has 0 aliphatic carbocycles. The second kappa shape index (κ2) is 5.81. The summed E-state index contributed by atoms with van der Waals surface area (Å²) in [5.41, 5.74) is 0.818. The number of rotatable bonds is 4. The third-order valence-corrected chi connectivity index (χ3v) is 4.78. The summed E-state index contributed by atoms with van der Waals surface area (Å²) >= 11 is 1.51. The summed E-state index contributed by atoms with van der Waals surface area (Å²) in [7, 11) is 0. The summed E-state index contributed by atoms with van der Waals surface area (Å²) in [5.74, 6) is 0.803. The molecule has 0 atom stereocenters. The third kappa shape index (κ3) is 2.68. The minimum Gasteiger partial charge on any atom is -0.351 e. The molecule has 0 aliphatic heterocycles. The molecule has 23 heavy (non-hydrogen) atoms. The van der Waals surface area contributed by atoms with Gasteiger partial charge in [-0.05, 0) is 29.7 Å². The molecule has 1 aromatic carbocycles. The first-order valence-corrected chi connectivity index (χ1v) is 8.18. The predicted molar refractivity (Wildman–Crippen MR) is 90.8 cm³/mol. The van der Waals surface area contributed by atoms with Crippen LogP contribution >= 0.6 is 11.3 Å². The second-order valence-electron chi connectivity index (χ2n) is 5.20. The first-order chi connectivity index (χ1) is 11.3. The number of aromatic nitrogens is 3.